The smallest absolute Gasteiger partial charge is 0.174 e. The van der Waals surface area contributed by atoms with Gasteiger partial charge in [0.2, 0.25) is 0 Å². The summed E-state index contributed by atoms with van der Waals surface area (Å²) in [7, 11) is 4.89. The normalized spacial score (nSPS) is 11.0. The Hall–Kier alpha value is -2.53. The van der Waals surface area contributed by atoms with E-state index in [0.717, 1.165) is 32.4 Å². The van der Waals surface area contributed by atoms with Gasteiger partial charge in [-0.2, -0.15) is 0 Å². The molecule has 0 saturated heterocycles. The van der Waals surface area contributed by atoms with Crippen molar-refractivity contribution in [2.24, 2.45) is 0 Å². The van der Waals surface area contributed by atoms with E-state index in [9.17, 15) is 0 Å². The highest BCUT2D eigenvalue weighted by Crippen LogP contribution is 2.36. The lowest BCUT2D eigenvalue weighted by Gasteiger charge is -2.10. The summed E-state index contributed by atoms with van der Waals surface area (Å²) in [6, 6.07) is 13.8. The molecule has 1 heterocycles. The first kappa shape index (κ1) is 17.3. The largest absolute Gasteiger partial charge is 0.494 e. The SMILES string of the molecule is COc1cc(C=Cc2ccc3cccc(OC)c3n2)cc(Br)c1OC. The highest BCUT2D eigenvalue weighted by Gasteiger charge is 2.09. The van der Waals surface area contributed by atoms with Crippen molar-refractivity contribution < 1.29 is 14.2 Å². The zero-order valence-corrected chi connectivity index (χ0v) is 15.8. The first-order valence-electron chi connectivity index (χ1n) is 7.69. The van der Waals surface area contributed by atoms with Crippen LogP contribution in [0.4, 0.5) is 0 Å². The minimum atomic E-state index is 0.671. The van der Waals surface area contributed by atoms with Gasteiger partial charge in [-0.05, 0) is 51.8 Å². The molecule has 0 amide bonds. The minimum absolute atomic E-state index is 0.671. The minimum Gasteiger partial charge on any atom is -0.494 e. The summed E-state index contributed by atoms with van der Waals surface area (Å²) in [6.07, 6.45) is 3.94. The molecule has 5 heteroatoms. The van der Waals surface area contributed by atoms with Gasteiger partial charge in [0.05, 0.1) is 31.5 Å². The van der Waals surface area contributed by atoms with Crippen LogP contribution in [0.2, 0.25) is 0 Å². The van der Waals surface area contributed by atoms with E-state index >= 15 is 0 Å². The number of methoxy groups -OCH3 is 3. The van der Waals surface area contributed by atoms with Gasteiger partial charge in [-0.3, -0.25) is 0 Å². The van der Waals surface area contributed by atoms with E-state index in [1.165, 1.54) is 0 Å². The predicted molar refractivity (Wildman–Crippen MR) is 104 cm³/mol. The van der Waals surface area contributed by atoms with E-state index in [2.05, 4.69) is 20.9 Å². The van der Waals surface area contributed by atoms with Crippen LogP contribution in [-0.4, -0.2) is 26.3 Å². The van der Waals surface area contributed by atoms with E-state index < -0.39 is 0 Å². The number of rotatable bonds is 5. The van der Waals surface area contributed by atoms with Crippen molar-refractivity contribution >= 4 is 39.0 Å². The highest BCUT2D eigenvalue weighted by molar-refractivity contribution is 9.10. The molecule has 128 valence electrons. The Morgan fingerprint density at radius 1 is 0.880 bits per heavy atom. The molecule has 0 spiro atoms. The third-order valence-corrected chi connectivity index (χ3v) is 4.42. The maximum atomic E-state index is 5.39. The molecule has 4 nitrogen and oxygen atoms in total. The van der Waals surface area contributed by atoms with E-state index in [0.29, 0.717) is 11.5 Å². The summed E-state index contributed by atoms with van der Waals surface area (Å²) >= 11 is 3.51. The van der Waals surface area contributed by atoms with Gasteiger partial charge in [0.15, 0.2) is 11.5 Å². The Labute approximate surface area is 155 Å². The number of benzene rings is 2. The quantitative estimate of drug-likeness (QED) is 0.591. The lowest BCUT2D eigenvalue weighted by Crippen LogP contribution is -1.92. The maximum Gasteiger partial charge on any atom is 0.174 e. The molecule has 1 aromatic heterocycles. The standard InChI is InChI=1S/C20H18BrNO3/c1-23-17-6-4-5-14-8-10-15(22-19(14)17)9-7-13-11-16(21)20(25-3)18(12-13)24-2/h4-12H,1-3H3. The molecule has 2 aromatic carbocycles. The number of aromatic nitrogens is 1. The Morgan fingerprint density at radius 2 is 1.68 bits per heavy atom. The Balaban J connectivity index is 1.97. The third kappa shape index (κ3) is 3.61. The van der Waals surface area contributed by atoms with Gasteiger partial charge in [-0.1, -0.05) is 24.3 Å². The van der Waals surface area contributed by atoms with Crippen LogP contribution in [0.3, 0.4) is 0 Å². The first-order chi connectivity index (χ1) is 12.2. The molecule has 0 unspecified atom stereocenters. The molecule has 0 saturated carbocycles. The van der Waals surface area contributed by atoms with Gasteiger partial charge in [0.1, 0.15) is 11.3 Å². The first-order valence-corrected chi connectivity index (χ1v) is 8.49. The second-order valence-electron chi connectivity index (χ2n) is 5.34. The van der Waals surface area contributed by atoms with Crippen molar-refractivity contribution in [2.45, 2.75) is 0 Å². The number of ether oxygens (including phenoxy) is 3. The number of para-hydroxylation sites is 1. The lowest BCUT2D eigenvalue weighted by molar-refractivity contribution is 0.353. The topological polar surface area (TPSA) is 40.6 Å². The van der Waals surface area contributed by atoms with Crippen LogP contribution < -0.4 is 14.2 Å². The van der Waals surface area contributed by atoms with Gasteiger partial charge in [0.25, 0.3) is 0 Å². The maximum absolute atomic E-state index is 5.39. The van der Waals surface area contributed by atoms with Crippen LogP contribution in [0.25, 0.3) is 23.1 Å². The van der Waals surface area contributed by atoms with Crippen molar-refractivity contribution in [1.29, 1.82) is 0 Å². The fraction of sp³-hybridized carbons (Fsp3) is 0.150. The molecule has 0 N–H and O–H groups in total. The van der Waals surface area contributed by atoms with Gasteiger partial charge >= 0.3 is 0 Å². The molecule has 0 radical (unpaired) electrons. The highest BCUT2D eigenvalue weighted by atomic mass is 79.9. The van der Waals surface area contributed by atoms with Gasteiger partial charge < -0.3 is 14.2 Å². The summed E-state index contributed by atoms with van der Waals surface area (Å²) in [5.74, 6) is 2.11. The van der Waals surface area contributed by atoms with Crippen LogP contribution in [-0.2, 0) is 0 Å². The molecule has 0 fully saturated rings. The summed E-state index contributed by atoms with van der Waals surface area (Å²) in [5.41, 5.74) is 2.68. The van der Waals surface area contributed by atoms with Crippen LogP contribution >= 0.6 is 15.9 Å². The van der Waals surface area contributed by atoms with E-state index in [1.807, 2.05) is 54.6 Å². The van der Waals surface area contributed by atoms with Crippen LogP contribution in [0, 0.1) is 0 Å². The Bertz CT molecular complexity index is 938. The van der Waals surface area contributed by atoms with Gasteiger partial charge in [-0.15, -0.1) is 0 Å². The molecule has 0 aliphatic rings. The predicted octanol–water partition coefficient (Wildman–Crippen LogP) is 5.19. The third-order valence-electron chi connectivity index (χ3n) is 3.83. The molecule has 25 heavy (non-hydrogen) atoms. The second-order valence-corrected chi connectivity index (χ2v) is 6.19. The number of pyridine rings is 1. The zero-order valence-electron chi connectivity index (χ0n) is 14.2. The Morgan fingerprint density at radius 3 is 2.40 bits per heavy atom. The molecule has 0 atom stereocenters. The average Bonchev–Trinajstić information content (AvgIpc) is 2.65. The number of hydrogen-bond donors (Lipinski definition) is 0. The monoisotopic (exact) mass is 399 g/mol. The van der Waals surface area contributed by atoms with E-state index in [1.54, 1.807) is 21.3 Å². The number of hydrogen-bond acceptors (Lipinski definition) is 4. The fourth-order valence-corrected chi connectivity index (χ4v) is 3.23. The van der Waals surface area contributed by atoms with Crippen LogP contribution in [0.1, 0.15) is 11.3 Å². The number of nitrogens with zero attached hydrogens (tertiary/aromatic N) is 1. The lowest BCUT2D eigenvalue weighted by atomic mass is 10.1. The van der Waals surface area contributed by atoms with Crippen molar-refractivity contribution in [3.05, 3.63) is 58.2 Å². The fourth-order valence-electron chi connectivity index (χ4n) is 2.61. The molecule has 3 rings (SSSR count). The summed E-state index contributed by atoms with van der Waals surface area (Å²) in [5, 5.41) is 1.05. The summed E-state index contributed by atoms with van der Waals surface area (Å²) < 4.78 is 16.9. The number of fused-ring (bicyclic) bond motifs is 1. The van der Waals surface area contributed by atoms with Crippen molar-refractivity contribution in [3.8, 4) is 17.2 Å². The average molecular weight is 400 g/mol. The van der Waals surface area contributed by atoms with Gasteiger partial charge in [0, 0.05) is 5.39 Å². The Kier molecular flexibility index (Phi) is 5.24. The van der Waals surface area contributed by atoms with Crippen molar-refractivity contribution in [1.82, 2.24) is 4.98 Å². The second kappa shape index (κ2) is 7.57. The molecule has 0 bridgehead atoms. The summed E-state index contributed by atoms with van der Waals surface area (Å²) in [4.78, 5) is 4.68. The van der Waals surface area contributed by atoms with E-state index in [4.69, 9.17) is 14.2 Å². The summed E-state index contributed by atoms with van der Waals surface area (Å²) in [6.45, 7) is 0. The van der Waals surface area contributed by atoms with Crippen LogP contribution in [0.5, 0.6) is 17.2 Å². The molecule has 0 aliphatic heterocycles. The van der Waals surface area contributed by atoms with Gasteiger partial charge in [-0.25, -0.2) is 4.98 Å². The zero-order chi connectivity index (χ0) is 17.8. The van der Waals surface area contributed by atoms with Crippen LogP contribution in [0.15, 0.2) is 46.9 Å². The van der Waals surface area contributed by atoms with E-state index in [-0.39, 0.29) is 0 Å². The molecule has 0 aliphatic carbocycles. The molecular weight excluding hydrogens is 382 g/mol. The molecule has 3 aromatic rings. The van der Waals surface area contributed by atoms with Crippen molar-refractivity contribution in [3.63, 3.8) is 0 Å². The van der Waals surface area contributed by atoms with Crippen molar-refractivity contribution in [2.75, 3.05) is 21.3 Å². The number of halogens is 1. The molecular formula is C20H18BrNO3.